The van der Waals surface area contributed by atoms with E-state index in [1.165, 1.54) is 148 Å². The highest BCUT2D eigenvalue weighted by Crippen LogP contribution is 2.38. The van der Waals surface area contributed by atoms with Gasteiger partial charge in [0.05, 0.1) is 27.7 Å². The third kappa shape index (κ3) is 72.9. The van der Waals surface area contributed by atoms with Gasteiger partial charge in [-0.05, 0) is 116 Å². The Labute approximate surface area is 554 Å². The average Bonchev–Trinajstić information content (AvgIpc) is 3.58. The fourth-order valence-corrected chi connectivity index (χ4v) is 10.6. The maximum absolute atomic E-state index is 12.8. The van der Waals surface area contributed by atoms with Crippen molar-refractivity contribution in [2.24, 2.45) is 0 Å². The van der Waals surface area contributed by atoms with Gasteiger partial charge in [0.25, 0.3) is 7.82 Å². The number of hydrogen-bond donors (Lipinski definition) is 0. The number of rotatable bonds is 66. The number of carbonyl (C=O) groups is 2. The standard InChI is InChI=1S/C80H136NO8P/c1-6-8-10-12-14-16-18-20-22-24-26-28-30-32-33-34-35-36-37-38-39-40-41-42-43-44-45-46-47-49-50-52-54-56-58-60-62-64-66-68-70-72-79(82)86-76-78(77-88-90(84,85)87-75-74-81(3,4)5)89-80(83)73-71-69-67-65-63-61-59-57-55-53-51-48-31-29-27-25-23-21-19-17-15-13-11-9-7-2/h8-11,14-17,20-23,26-29,32-33,48,51,55,57,61,63,78H,6-7,12-13,18-19,24-25,30-31,34-47,49-50,52-54,56,58-60,62,64-77H2,1-5H3/b10-8-,11-9-,16-14-,17-15-,22-20-,23-21-,28-26-,29-27-,33-32-,51-48-,57-55-,63-61-. The van der Waals surface area contributed by atoms with Gasteiger partial charge in [-0.2, -0.15) is 0 Å². The number of esters is 2. The first kappa shape index (κ1) is 85.9. The zero-order valence-electron chi connectivity index (χ0n) is 58.5. The molecular formula is C80H136NO8P. The number of carbonyl (C=O) groups excluding carboxylic acids is 2. The van der Waals surface area contributed by atoms with E-state index >= 15 is 0 Å². The molecule has 90 heavy (non-hydrogen) atoms. The molecule has 0 saturated carbocycles. The van der Waals surface area contributed by atoms with Crippen LogP contribution in [0.25, 0.3) is 0 Å². The van der Waals surface area contributed by atoms with Crippen molar-refractivity contribution < 1.29 is 42.1 Å². The molecule has 0 aliphatic heterocycles. The lowest BCUT2D eigenvalue weighted by Crippen LogP contribution is -2.37. The van der Waals surface area contributed by atoms with Crippen molar-refractivity contribution in [1.29, 1.82) is 0 Å². The minimum Gasteiger partial charge on any atom is -0.756 e. The molecule has 10 heteroatoms. The number of quaternary nitrogens is 1. The summed E-state index contributed by atoms with van der Waals surface area (Å²) in [6, 6.07) is 0. The van der Waals surface area contributed by atoms with Crippen LogP contribution in [0.5, 0.6) is 0 Å². The largest absolute Gasteiger partial charge is 0.756 e. The molecule has 2 unspecified atom stereocenters. The van der Waals surface area contributed by atoms with Gasteiger partial charge in [-0.1, -0.05) is 314 Å². The molecule has 0 bridgehead atoms. The Morgan fingerprint density at radius 2 is 0.600 bits per heavy atom. The monoisotopic (exact) mass is 1270 g/mol. The van der Waals surface area contributed by atoms with E-state index in [1.54, 1.807) is 0 Å². The molecule has 0 rings (SSSR count). The van der Waals surface area contributed by atoms with E-state index in [0.717, 1.165) is 116 Å². The van der Waals surface area contributed by atoms with E-state index in [4.69, 9.17) is 18.5 Å². The third-order valence-corrected chi connectivity index (χ3v) is 16.3. The summed E-state index contributed by atoms with van der Waals surface area (Å²) in [4.78, 5) is 38.1. The first-order chi connectivity index (χ1) is 44.0. The van der Waals surface area contributed by atoms with Crippen molar-refractivity contribution in [3.05, 3.63) is 146 Å². The number of allylic oxidation sites excluding steroid dienone is 24. The van der Waals surface area contributed by atoms with Crippen LogP contribution in [0.2, 0.25) is 0 Å². The van der Waals surface area contributed by atoms with Crippen molar-refractivity contribution in [3.63, 3.8) is 0 Å². The second-order valence-electron chi connectivity index (χ2n) is 25.2. The molecule has 0 spiro atoms. The molecular weight excluding hydrogens is 1130 g/mol. The highest BCUT2D eigenvalue weighted by molar-refractivity contribution is 7.45. The van der Waals surface area contributed by atoms with Crippen molar-refractivity contribution in [1.82, 2.24) is 0 Å². The number of unbranched alkanes of at least 4 members (excludes halogenated alkanes) is 28. The minimum atomic E-state index is -4.66. The summed E-state index contributed by atoms with van der Waals surface area (Å²) in [5, 5.41) is 0. The van der Waals surface area contributed by atoms with E-state index in [9.17, 15) is 19.0 Å². The second-order valence-corrected chi connectivity index (χ2v) is 26.6. The van der Waals surface area contributed by atoms with Gasteiger partial charge in [0.1, 0.15) is 19.8 Å². The SMILES string of the molecule is CC/C=C\C/C=C\C/C=C\C/C=C\C/C=C\C/C=C\C/C=C\CCCCCC(=O)OC(COC(=O)CCCCCCCCCCCCCCCCCCCCCCCCCCC/C=C\C/C=C\C/C=C\C/C=C\C/C=C\CC)COP(=O)([O-])OCC[N+](C)(C)C. The van der Waals surface area contributed by atoms with E-state index in [2.05, 4.69) is 160 Å². The van der Waals surface area contributed by atoms with Crippen LogP contribution in [0.4, 0.5) is 0 Å². The molecule has 9 nitrogen and oxygen atoms in total. The Balaban J connectivity index is 4.00. The minimum absolute atomic E-state index is 0.0432. The number of hydrogen-bond acceptors (Lipinski definition) is 8. The first-order valence-corrected chi connectivity index (χ1v) is 38.0. The van der Waals surface area contributed by atoms with Gasteiger partial charge in [0.2, 0.25) is 0 Å². The zero-order valence-corrected chi connectivity index (χ0v) is 59.4. The molecule has 0 aliphatic rings. The molecule has 0 amide bonds. The van der Waals surface area contributed by atoms with Crippen LogP contribution < -0.4 is 4.89 Å². The number of likely N-dealkylation sites (N-methyl/N-ethyl adjacent to an activating group) is 1. The molecule has 0 heterocycles. The Bertz CT molecular complexity index is 2030. The molecule has 0 radical (unpaired) electrons. The van der Waals surface area contributed by atoms with E-state index in [0.29, 0.717) is 17.4 Å². The summed E-state index contributed by atoms with van der Waals surface area (Å²) in [5.74, 6) is -0.870. The van der Waals surface area contributed by atoms with Crippen LogP contribution >= 0.6 is 7.82 Å². The quantitative estimate of drug-likeness (QED) is 0.0195. The smallest absolute Gasteiger partial charge is 0.306 e. The molecule has 0 fully saturated rings. The maximum Gasteiger partial charge on any atom is 0.306 e. The summed E-state index contributed by atoms with van der Waals surface area (Å²) < 4.78 is 34.3. The Morgan fingerprint density at radius 3 is 0.900 bits per heavy atom. The average molecular weight is 1270 g/mol. The first-order valence-electron chi connectivity index (χ1n) is 36.5. The van der Waals surface area contributed by atoms with Crippen LogP contribution in [0.1, 0.15) is 296 Å². The van der Waals surface area contributed by atoms with Crippen LogP contribution in [0, 0.1) is 0 Å². The molecule has 0 saturated heterocycles. The highest BCUT2D eigenvalue weighted by Gasteiger charge is 2.22. The molecule has 514 valence electrons. The summed E-state index contributed by atoms with van der Waals surface area (Å²) in [5.41, 5.74) is 0. The molecule has 2 atom stereocenters. The van der Waals surface area contributed by atoms with Crippen LogP contribution in [0.3, 0.4) is 0 Å². The second kappa shape index (κ2) is 69.2. The molecule has 0 aromatic heterocycles. The molecule has 0 aliphatic carbocycles. The molecule has 0 aromatic rings. The number of phosphoric acid groups is 1. The van der Waals surface area contributed by atoms with Crippen LogP contribution in [-0.2, 0) is 32.7 Å². The number of nitrogens with zero attached hydrogens (tertiary/aromatic N) is 1. The topological polar surface area (TPSA) is 111 Å². The van der Waals surface area contributed by atoms with E-state index in [1.807, 2.05) is 21.1 Å². The highest BCUT2D eigenvalue weighted by atomic mass is 31.2. The fourth-order valence-electron chi connectivity index (χ4n) is 9.84. The summed E-state index contributed by atoms with van der Waals surface area (Å²) in [6.45, 7) is 3.98. The zero-order chi connectivity index (χ0) is 65.5. The predicted molar refractivity (Wildman–Crippen MR) is 387 cm³/mol. The predicted octanol–water partition coefficient (Wildman–Crippen LogP) is 23.5. The Hall–Kier alpha value is -4.11. The van der Waals surface area contributed by atoms with Crippen molar-refractivity contribution in [3.8, 4) is 0 Å². The molecule has 0 aromatic carbocycles. The third-order valence-electron chi connectivity index (χ3n) is 15.4. The van der Waals surface area contributed by atoms with Gasteiger partial charge in [-0.15, -0.1) is 0 Å². The molecule has 0 N–H and O–H groups in total. The van der Waals surface area contributed by atoms with E-state index in [-0.39, 0.29) is 26.1 Å². The van der Waals surface area contributed by atoms with Gasteiger partial charge in [-0.3, -0.25) is 14.2 Å². The number of ether oxygens (including phenoxy) is 2. The normalized spacial score (nSPS) is 14.0. The van der Waals surface area contributed by atoms with Crippen LogP contribution in [0.15, 0.2) is 146 Å². The van der Waals surface area contributed by atoms with Gasteiger partial charge in [0.15, 0.2) is 6.10 Å². The van der Waals surface area contributed by atoms with Gasteiger partial charge in [-0.25, -0.2) is 0 Å². The van der Waals surface area contributed by atoms with E-state index < -0.39 is 32.5 Å². The Kier molecular flexibility index (Phi) is 66.1. The lowest BCUT2D eigenvalue weighted by molar-refractivity contribution is -0.870. The van der Waals surface area contributed by atoms with Crippen molar-refractivity contribution in [2.75, 3.05) is 47.5 Å². The lowest BCUT2D eigenvalue weighted by atomic mass is 10.0. The van der Waals surface area contributed by atoms with Crippen LogP contribution in [-0.4, -0.2) is 70.0 Å². The van der Waals surface area contributed by atoms with Gasteiger partial charge < -0.3 is 27.9 Å². The maximum atomic E-state index is 12.8. The number of phosphoric ester groups is 1. The van der Waals surface area contributed by atoms with Gasteiger partial charge in [0, 0.05) is 12.8 Å². The summed E-state index contributed by atoms with van der Waals surface area (Å²) in [6.07, 6.45) is 102. The van der Waals surface area contributed by atoms with Gasteiger partial charge >= 0.3 is 11.9 Å². The fraction of sp³-hybridized carbons (Fsp3) is 0.675. The Morgan fingerprint density at radius 1 is 0.344 bits per heavy atom. The lowest BCUT2D eigenvalue weighted by Gasteiger charge is -2.28. The van der Waals surface area contributed by atoms with Crippen molar-refractivity contribution in [2.45, 2.75) is 302 Å². The summed E-state index contributed by atoms with van der Waals surface area (Å²) >= 11 is 0. The van der Waals surface area contributed by atoms with Crippen molar-refractivity contribution >= 4 is 19.8 Å². The summed E-state index contributed by atoms with van der Waals surface area (Å²) in [7, 11) is 1.13.